The highest BCUT2D eigenvalue weighted by atomic mass is 35.5. The predicted octanol–water partition coefficient (Wildman–Crippen LogP) is 5.07. The Hall–Kier alpha value is -3.36. The van der Waals surface area contributed by atoms with Crippen LogP contribution in [0.2, 0.25) is 10.0 Å². The summed E-state index contributed by atoms with van der Waals surface area (Å²) in [7, 11) is 0. The SMILES string of the molecule is Cc1ccc(OCc2c(C(=O)Nc3ncn(Cc4ccc(Cl)cc4Cl)n3)noc2C)cc1. The number of hydrogen-bond donors (Lipinski definition) is 1. The van der Waals surface area contributed by atoms with Gasteiger partial charge in [-0.2, -0.15) is 0 Å². The summed E-state index contributed by atoms with van der Waals surface area (Å²) in [4.78, 5) is 16.9. The summed E-state index contributed by atoms with van der Waals surface area (Å²) in [6, 6.07) is 12.8. The Morgan fingerprint density at radius 1 is 1.16 bits per heavy atom. The molecule has 0 saturated carbocycles. The number of carbonyl (C=O) groups is 1. The fourth-order valence-electron chi connectivity index (χ4n) is 2.94. The average molecular weight is 472 g/mol. The number of anilines is 1. The Morgan fingerprint density at radius 2 is 1.94 bits per heavy atom. The first kappa shape index (κ1) is 21.9. The molecule has 0 spiro atoms. The number of aromatic nitrogens is 4. The van der Waals surface area contributed by atoms with Gasteiger partial charge in [-0.05, 0) is 43.7 Å². The zero-order valence-electron chi connectivity index (χ0n) is 17.3. The molecular weight excluding hydrogens is 453 g/mol. The molecule has 0 bridgehead atoms. The second kappa shape index (κ2) is 9.42. The third kappa shape index (κ3) is 5.09. The Balaban J connectivity index is 1.42. The number of rotatable bonds is 7. The van der Waals surface area contributed by atoms with Crippen molar-refractivity contribution in [3.8, 4) is 5.75 Å². The lowest BCUT2D eigenvalue weighted by Crippen LogP contribution is -2.16. The molecule has 0 aliphatic heterocycles. The smallest absolute Gasteiger partial charge is 0.280 e. The lowest BCUT2D eigenvalue weighted by atomic mass is 10.2. The number of nitrogens with one attached hydrogen (secondary N) is 1. The van der Waals surface area contributed by atoms with E-state index in [1.165, 1.54) is 6.33 Å². The average Bonchev–Trinajstić information content (AvgIpc) is 3.36. The van der Waals surface area contributed by atoms with Gasteiger partial charge in [0.15, 0.2) is 5.69 Å². The third-order valence-corrected chi connectivity index (χ3v) is 5.30. The molecule has 32 heavy (non-hydrogen) atoms. The zero-order chi connectivity index (χ0) is 22.7. The van der Waals surface area contributed by atoms with Crippen LogP contribution in [0.25, 0.3) is 0 Å². The van der Waals surface area contributed by atoms with Crippen LogP contribution in [0.15, 0.2) is 53.3 Å². The van der Waals surface area contributed by atoms with E-state index in [4.69, 9.17) is 32.5 Å². The fraction of sp³-hybridized carbons (Fsp3) is 0.182. The monoisotopic (exact) mass is 471 g/mol. The van der Waals surface area contributed by atoms with Crippen molar-refractivity contribution in [1.82, 2.24) is 19.9 Å². The van der Waals surface area contributed by atoms with Crippen LogP contribution in [0.5, 0.6) is 5.75 Å². The van der Waals surface area contributed by atoms with Gasteiger partial charge >= 0.3 is 0 Å². The van der Waals surface area contributed by atoms with E-state index >= 15 is 0 Å². The van der Waals surface area contributed by atoms with E-state index < -0.39 is 5.91 Å². The quantitative estimate of drug-likeness (QED) is 0.404. The third-order valence-electron chi connectivity index (χ3n) is 4.71. The van der Waals surface area contributed by atoms with Gasteiger partial charge in [0.25, 0.3) is 5.91 Å². The normalized spacial score (nSPS) is 10.9. The topological polar surface area (TPSA) is 95.1 Å². The van der Waals surface area contributed by atoms with Gasteiger partial charge in [0.1, 0.15) is 24.4 Å². The molecular formula is C22H19Cl2N5O3. The molecule has 0 unspecified atom stereocenters. The number of halogens is 2. The number of ether oxygens (including phenoxy) is 1. The van der Waals surface area contributed by atoms with Gasteiger partial charge in [-0.25, -0.2) is 9.67 Å². The molecule has 8 nitrogen and oxygen atoms in total. The van der Waals surface area contributed by atoms with Crippen LogP contribution in [0.1, 0.15) is 32.9 Å². The molecule has 1 N–H and O–H groups in total. The molecule has 2 aromatic carbocycles. The van der Waals surface area contributed by atoms with Gasteiger partial charge in [-0.1, -0.05) is 52.1 Å². The van der Waals surface area contributed by atoms with E-state index in [1.807, 2.05) is 37.3 Å². The van der Waals surface area contributed by atoms with Crippen LogP contribution in [0.4, 0.5) is 5.95 Å². The molecule has 4 aromatic rings. The van der Waals surface area contributed by atoms with Gasteiger partial charge in [0, 0.05) is 10.0 Å². The van der Waals surface area contributed by atoms with Crippen molar-refractivity contribution in [2.24, 2.45) is 0 Å². The summed E-state index contributed by atoms with van der Waals surface area (Å²) in [5.74, 6) is 0.819. The minimum absolute atomic E-state index is 0.117. The molecule has 1 amide bonds. The van der Waals surface area contributed by atoms with E-state index in [0.29, 0.717) is 33.7 Å². The first-order valence-electron chi connectivity index (χ1n) is 9.68. The van der Waals surface area contributed by atoms with E-state index in [1.54, 1.807) is 23.7 Å². The van der Waals surface area contributed by atoms with Crippen molar-refractivity contribution in [2.45, 2.75) is 27.0 Å². The van der Waals surface area contributed by atoms with E-state index in [9.17, 15) is 4.79 Å². The number of amides is 1. The molecule has 10 heteroatoms. The van der Waals surface area contributed by atoms with Gasteiger partial charge in [-0.3, -0.25) is 10.1 Å². The van der Waals surface area contributed by atoms with E-state index in [2.05, 4.69) is 20.6 Å². The van der Waals surface area contributed by atoms with Gasteiger partial charge in [0.05, 0.1) is 12.1 Å². The molecule has 2 aromatic heterocycles. The molecule has 0 atom stereocenters. The lowest BCUT2D eigenvalue weighted by Gasteiger charge is -2.07. The Morgan fingerprint density at radius 3 is 2.69 bits per heavy atom. The first-order chi connectivity index (χ1) is 15.4. The zero-order valence-corrected chi connectivity index (χ0v) is 18.8. The summed E-state index contributed by atoms with van der Waals surface area (Å²) >= 11 is 12.1. The number of benzene rings is 2. The van der Waals surface area contributed by atoms with Crippen LogP contribution in [-0.2, 0) is 13.2 Å². The minimum Gasteiger partial charge on any atom is -0.489 e. The molecule has 0 aliphatic rings. The largest absolute Gasteiger partial charge is 0.489 e. The summed E-state index contributed by atoms with van der Waals surface area (Å²) in [5.41, 5.74) is 2.62. The second-order valence-corrected chi connectivity index (χ2v) is 7.97. The molecule has 0 saturated heterocycles. The number of nitrogens with zero attached hydrogens (tertiary/aromatic N) is 4. The van der Waals surface area contributed by atoms with Crippen molar-refractivity contribution >= 4 is 35.1 Å². The van der Waals surface area contributed by atoms with Crippen molar-refractivity contribution in [1.29, 1.82) is 0 Å². The minimum atomic E-state index is -0.494. The summed E-state index contributed by atoms with van der Waals surface area (Å²) in [6.45, 7) is 4.23. The summed E-state index contributed by atoms with van der Waals surface area (Å²) < 4.78 is 12.5. The highest BCUT2D eigenvalue weighted by Crippen LogP contribution is 2.22. The Kier molecular flexibility index (Phi) is 6.43. The molecule has 4 rings (SSSR count). The van der Waals surface area contributed by atoms with Crippen molar-refractivity contribution in [2.75, 3.05) is 5.32 Å². The standard InChI is InChI=1S/C22H19Cl2N5O3/c1-13-3-7-17(8-4-13)31-11-18-14(2)32-28-20(18)21(30)26-22-25-12-29(27-22)10-15-5-6-16(23)9-19(15)24/h3-9,12H,10-11H2,1-2H3,(H,26,27,30). The summed E-state index contributed by atoms with van der Waals surface area (Å²) in [5, 5.41) is 11.8. The first-order valence-corrected chi connectivity index (χ1v) is 10.4. The van der Waals surface area contributed by atoms with E-state index in [0.717, 1.165) is 11.1 Å². The number of carbonyl (C=O) groups excluding carboxylic acids is 1. The Labute approximate surface area is 194 Å². The van der Waals surface area contributed by atoms with Gasteiger partial charge in [-0.15, -0.1) is 5.10 Å². The van der Waals surface area contributed by atoms with Crippen LogP contribution in [0, 0.1) is 13.8 Å². The van der Waals surface area contributed by atoms with Crippen LogP contribution >= 0.6 is 23.2 Å². The fourth-order valence-corrected chi connectivity index (χ4v) is 3.41. The number of hydrogen-bond acceptors (Lipinski definition) is 6. The highest BCUT2D eigenvalue weighted by molar-refractivity contribution is 6.35. The van der Waals surface area contributed by atoms with Gasteiger partial charge in [0.2, 0.25) is 5.95 Å². The van der Waals surface area contributed by atoms with Crippen LogP contribution < -0.4 is 10.1 Å². The van der Waals surface area contributed by atoms with Crippen molar-refractivity contribution < 1.29 is 14.1 Å². The molecule has 164 valence electrons. The molecule has 2 heterocycles. The maximum Gasteiger partial charge on any atom is 0.280 e. The molecule has 0 radical (unpaired) electrons. The lowest BCUT2D eigenvalue weighted by molar-refractivity contribution is 0.101. The van der Waals surface area contributed by atoms with Crippen molar-refractivity contribution in [3.05, 3.63) is 87.0 Å². The van der Waals surface area contributed by atoms with Crippen molar-refractivity contribution in [3.63, 3.8) is 0 Å². The Bertz CT molecular complexity index is 1250. The second-order valence-electron chi connectivity index (χ2n) is 7.12. The van der Waals surface area contributed by atoms with E-state index in [-0.39, 0.29) is 18.2 Å². The summed E-state index contributed by atoms with van der Waals surface area (Å²) in [6.07, 6.45) is 1.50. The van der Waals surface area contributed by atoms with Crippen LogP contribution in [0.3, 0.4) is 0 Å². The highest BCUT2D eigenvalue weighted by Gasteiger charge is 2.21. The maximum absolute atomic E-state index is 12.7. The van der Waals surface area contributed by atoms with Gasteiger partial charge < -0.3 is 9.26 Å². The molecule has 0 fully saturated rings. The maximum atomic E-state index is 12.7. The number of aryl methyl sites for hydroxylation is 2. The van der Waals surface area contributed by atoms with Crippen LogP contribution in [-0.4, -0.2) is 25.8 Å². The predicted molar refractivity (Wildman–Crippen MR) is 120 cm³/mol. The molecule has 0 aliphatic carbocycles.